The van der Waals surface area contributed by atoms with Crippen molar-refractivity contribution < 1.29 is 19.1 Å². The number of nitrogens with zero attached hydrogens (tertiary/aromatic N) is 1. The summed E-state index contributed by atoms with van der Waals surface area (Å²) in [6.45, 7) is 4.39. The highest BCUT2D eigenvalue weighted by Gasteiger charge is 2.14. The number of methoxy groups -OCH3 is 1. The molecule has 0 saturated carbocycles. The van der Waals surface area contributed by atoms with E-state index < -0.39 is 0 Å². The van der Waals surface area contributed by atoms with E-state index in [4.69, 9.17) is 9.47 Å². The molecule has 2 rings (SSSR count). The lowest BCUT2D eigenvalue weighted by Crippen LogP contribution is -2.32. The van der Waals surface area contributed by atoms with E-state index in [-0.39, 0.29) is 18.1 Å². The zero-order valence-electron chi connectivity index (χ0n) is 15.7. The van der Waals surface area contributed by atoms with Gasteiger partial charge in [0, 0.05) is 18.2 Å². The predicted molar refractivity (Wildman–Crippen MR) is 101 cm³/mol. The number of carbonyl (C=O) groups is 2. The largest absolute Gasteiger partial charge is 0.496 e. The Hall–Kier alpha value is -2.82. The molecule has 0 aromatic heterocycles. The molecule has 0 atom stereocenters. The van der Waals surface area contributed by atoms with Crippen LogP contribution in [0.2, 0.25) is 0 Å². The Morgan fingerprint density at radius 2 is 1.88 bits per heavy atom. The average molecular weight is 355 g/mol. The molecule has 0 fully saturated rings. The van der Waals surface area contributed by atoms with Crippen LogP contribution < -0.4 is 9.47 Å². The van der Waals surface area contributed by atoms with Crippen molar-refractivity contribution in [1.29, 1.82) is 0 Å². The molecule has 5 nitrogen and oxygen atoms in total. The van der Waals surface area contributed by atoms with Crippen molar-refractivity contribution in [3.63, 3.8) is 0 Å². The van der Waals surface area contributed by atoms with Gasteiger partial charge in [-0.1, -0.05) is 12.1 Å². The molecule has 0 unspecified atom stereocenters. The van der Waals surface area contributed by atoms with Crippen LogP contribution in [-0.2, 0) is 11.2 Å². The summed E-state index contributed by atoms with van der Waals surface area (Å²) in [6.07, 6.45) is 0.172. The number of carbonyl (C=O) groups excluding carboxylic acids is 2. The second kappa shape index (κ2) is 9.04. The van der Waals surface area contributed by atoms with E-state index >= 15 is 0 Å². The lowest BCUT2D eigenvalue weighted by atomic mass is 10.0. The highest BCUT2D eigenvalue weighted by atomic mass is 16.5. The van der Waals surface area contributed by atoms with Gasteiger partial charge in [-0.2, -0.15) is 0 Å². The number of aryl methyl sites for hydroxylation is 1. The molecule has 1 amide bonds. The molecular formula is C21H25NO4. The number of likely N-dealkylation sites (N-methyl/N-ethyl adjacent to an activating group) is 1. The first-order chi connectivity index (χ1) is 12.4. The molecule has 138 valence electrons. The minimum Gasteiger partial charge on any atom is -0.496 e. The molecule has 0 radical (unpaired) electrons. The summed E-state index contributed by atoms with van der Waals surface area (Å²) in [5.74, 6) is 1.30. The predicted octanol–water partition coefficient (Wildman–Crippen LogP) is 3.29. The molecule has 0 aliphatic heterocycles. The SMILES string of the molecule is COc1ccc(C(C)=O)cc1CC(=O)N(C)CCOc1cccc(C)c1. The highest BCUT2D eigenvalue weighted by molar-refractivity contribution is 5.94. The minimum absolute atomic E-state index is 0.0405. The lowest BCUT2D eigenvalue weighted by molar-refractivity contribution is -0.129. The number of hydrogen-bond donors (Lipinski definition) is 0. The van der Waals surface area contributed by atoms with E-state index in [9.17, 15) is 9.59 Å². The number of ketones is 1. The van der Waals surface area contributed by atoms with Gasteiger partial charge in [0.05, 0.1) is 20.1 Å². The summed E-state index contributed by atoms with van der Waals surface area (Å²) in [5, 5.41) is 0. The number of benzene rings is 2. The topological polar surface area (TPSA) is 55.8 Å². The molecule has 0 bridgehead atoms. The molecule has 0 aliphatic carbocycles. The van der Waals surface area contributed by atoms with Crippen LogP contribution in [0.1, 0.15) is 28.4 Å². The van der Waals surface area contributed by atoms with Crippen molar-refractivity contribution in [2.45, 2.75) is 20.3 Å². The zero-order chi connectivity index (χ0) is 19.1. The minimum atomic E-state index is -0.0585. The molecule has 2 aromatic rings. The van der Waals surface area contributed by atoms with Crippen LogP contribution in [0.15, 0.2) is 42.5 Å². The Bertz CT molecular complexity index is 785. The van der Waals surface area contributed by atoms with Crippen LogP contribution in [0, 0.1) is 6.92 Å². The average Bonchev–Trinajstić information content (AvgIpc) is 2.61. The zero-order valence-corrected chi connectivity index (χ0v) is 15.7. The smallest absolute Gasteiger partial charge is 0.226 e. The van der Waals surface area contributed by atoms with Crippen LogP contribution in [0.25, 0.3) is 0 Å². The normalized spacial score (nSPS) is 10.3. The molecule has 5 heteroatoms. The van der Waals surface area contributed by atoms with E-state index in [0.29, 0.717) is 30.0 Å². The van der Waals surface area contributed by atoms with Gasteiger partial charge in [0.1, 0.15) is 18.1 Å². The number of ether oxygens (including phenoxy) is 2. The van der Waals surface area contributed by atoms with Crippen molar-refractivity contribution in [3.05, 3.63) is 59.2 Å². The van der Waals surface area contributed by atoms with E-state index in [1.54, 1.807) is 37.3 Å². The summed E-state index contributed by atoms with van der Waals surface area (Å²) < 4.78 is 11.0. The number of Topliss-reactive ketones (excluding diaryl/α,β-unsaturated/α-hetero) is 1. The van der Waals surface area contributed by atoms with Gasteiger partial charge in [0.2, 0.25) is 5.91 Å². The first kappa shape index (κ1) is 19.5. The maximum Gasteiger partial charge on any atom is 0.226 e. The lowest BCUT2D eigenvalue weighted by Gasteiger charge is -2.18. The molecular weight excluding hydrogens is 330 g/mol. The molecule has 0 heterocycles. The van der Waals surface area contributed by atoms with E-state index in [2.05, 4.69) is 0 Å². The Labute approximate surface area is 154 Å². The van der Waals surface area contributed by atoms with Gasteiger partial charge in [-0.25, -0.2) is 0 Å². The molecule has 0 spiro atoms. The molecule has 2 aromatic carbocycles. The standard InChI is InChI=1S/C21H25NO4/c1-15-6-5-7-19(12-15)26-11-10-22(3)21(24)14-18-13-17(16(2)23)8-9-20(18)25-4/h5-9,12-13H,10-11,14H2,1-4H3. The fourth-order valence-corrected chi connectivity index (χ4v) is 2.56. The summed E-state index contributed by atoms with van der Waals surface area (Å²) in [5.41, 5.74) is 2.40. The Balaban J connectivity index is 1.94. The Morgan fingerprint density at radius 3 is 2.54 bits per heavy atom. The van der Waals surface area contributed by atoms with Crippen LogP contribution >= 0.6 is 0 Å². The molecule has 26 heavy (non-hydrogen) atoms. The van der Waals surface area contributed by atoms with Crippen molar-refractivity contribution in [2.24, 2.45) is 0 Å². The highest BCUT2D eigenvalue weighted by Crippen LogP contribution is 2.21. The summed E-state index contributed by atoms with van der Waals surface area (Å²) >= 11 is 0. The van der Waals surface area contributed by atoms with Gasteiger partial charge >= 0.3 is 0 Å². The number of amides is 1. The van der Waals surface area contributed by atoms with Crippen molar-refractivity contribution in [1.82, 2.24) is 4.90 Å². The van der Waals surface area contributed by atoms with Crippen LogP contribution in [0.4, 0.5) is 0 Å². The molecule has 0 N–H and O–H groups in total. The van der Waals surface area contributed by atoms with Crippen molar-refractivity contribution in [2.75, 3.05) is 27.3 Å². The van der Waals surface area contributed by atoms with Crippen molar-refractivity contribution >= 4 is 11.7 Å². The second-order valence-corrected chi connectivity index (χ2v) is 6.24. The van der Waals surface area contributed by atoms with Gasteiger partial charge in [-0.3, -0.25) is 9.59 Å². The van der Waals surface area contributed by atoms with E-state index in [0.717, 1.165) is 11.3 Å². The Kier molecular flexibility index (Phi) is 6.78. The fraction of sp³-hybridized carbons (Fsp3) is 0.333. The third-order valence-corrected chi connectivity index (χ3v) is 4.14. The maximum absolute atomic E-state index is 12.5. The van der Waals surface area contributed by atoms with Crippen LogP contribution in [0.5, 0.6) is 11.5 Å². The van der Waals surface area contributed by atoms with Gasteiger partial charge in [0.25, 0.3) is 0 Å². The Morgan fingerprint density at radius 1 is 1.12 bits per heavy atom. The van der Waals surface area contributed by atoms with E-state index in [1.807, 2.05) is 31.2 Å². The second-order valence-electron chi connectivity index (χ2n) is 6.24. The van der Waals surface area contributed by atoms with Crippen LogP contribution in [0.3, 0.4) is 0 Å². The van der Waals surface area contributed by atoms with Crippen LogP contribution in [-0.4, -0.2) is 43.9 Å². The molecule has 0 aliphatic rings. The van der Waals surface area contributed by atoms with Crippen molar-refractivity contribution in [3.8, 4) is 11.5 Å². The summed E-state index contributed by atoms with van der Waals surface area (Å²) in [7, 11) is 3.29. The van der Waals surface area contributed by atoms with E-state index in [1.165, 1.54) is 6.92 Å². The monoisotopic (exact) mass is 355 g/mol. The first-order valence-corrected chi connectivity index (χ1v) is 8.52. The number of rotatable bonds is 8. The van der Waals surface area contributed by atoms with Gasteiger partial charge in [0.15, 0.2) is 5.78 Å². The third-order valence-electron chi connectivity index (χ3n) is 4.14. The first-order valence-electron chi connectivity index (χ1n) is 8.52. The summed E-state index contributed by atoms with van der Waals surface area (Å²) in [4.78, 5) is 25.7. The summed E-state index contributed by atoms with van der Waals surface area (Å²) in [6, 6.07) is 12.9. The quantitative estimate of drug-likeness (QED) is 0.682. The van der Waals surface area contributed by atoms with Gasteiger partial charge < -0.3 is 14.4 Å². The maximum atomic E-state index is 12.5. The van der Waals surface area contributed by atoms with Gasteiger partial charge in [-0.15, -0.1) is 0 Å². The third kappa shape index (κ3) is 5.34. The molecule has 0 saturated heterocycles. The van der Waals surface area contributed by atoms with Gasteiger partial charge in [-0.05, 0) is 49.7 Å². The number of hydrogen-bond acceptors (Lipinski definition) is 4. The fourth-order valence-electron chi connectivity index (χ4n) is 2.56.